The average molecular weight is 458 g/mol. The van der Waals surface area contributed by atoms with E-state index in [2.05, 4.69) is 20.0 Å². The molecule has 3 aromatic carbocycles. The molecular formula is C21H16F2N4O4S. The zero-order valence-electron chi connectivity index (χ0n) is 16.5. The Bertz CT molecular complexity index is 1410. The Kier molecular flexibility index (Phi) is 5.49. The number of phenolic OH excluding ortho intramolecular Hbond substituents is 1. The zero-order chi connectivity index (χ0) is 22.9. The summed E-state index contributed by atoms with van der Waals surface area (Å²) in [4.78, 5) is 8.08. The molecule has 0 unspecified atom stereocenters. The predicted octanol–water partition coefficient (Wildman–Crippen LogP) is 4.17. The lowest BCUT2D eigenvalue weighted by Gasteiger charge is -2.14. The first-order chi connectivity index (χ1) is 15.2. The van der Waals surface area contributed by atoms with Crippen LogP contribution in [0.2, 0.25) is 0 Å². The number of aromatic nitrogens is 2. The molecule has 0 atom stereocenters. The SMILES string of the molecule is COc1cc(O)cc(Nc2nc3ccccc3nc2NS(=O)(=O)c2cc(F)cc(F)c2)c1. The summed E-state index contributed by atoms with van der Waals surface area (Å²) in [5.41, 5.74) is 1.18. The van der Waals surface area contributed by atoms with Crippen molar-refractivity contribution in [1.29, 1.82) is 0 Å². The highest BCUT2D eigenvalue weighted by molar-refractivity contribution is 7.92. The van der Waals surface area contributed by atoms with Gasteiger partial charge in [-0.05, 0) is 24.3 Å². The molecule has 164 valence electrons. The number of aromatic hydroxyl groups is 1. The molecule has 0 aliphatic heterocycles. The van der Waals surface area contributed by atoms with Crippen LogP contribution in [-0.2, 0) is 10.0 Å². The zero-order valence-corrected chi connectivity index (χ0v) is 17.3. The van der Waals surface area contributed by atoms with Gasteiger partial charge in [0, 0.05) is 30.0 Å². The lowest BCUT2D eigenvalue weighted by molar-refractivity contribution is 0.408. The molecule has 0 saturated carbocycles. The molecule has 0 amide bonds. The Labute approximate surface area is 181 Å². The standard InChI is InChI=1S/C21H16F2N4O4S/c1-31-16-10-14(9-15(28)11-16)24-20-21(26-19-5-3-2-4-18(19)25-20)27-32(29,30)17-7-12(22)6-13(23)8-17/h2-11,28H,1H3,(H,24,25)(H,26,27). The third-order valence-electron chi connectivity index (χ3n) is 4.34. The lowest BCUT2D eigenvalue weighted by atomic mass is 10.2. The minimum atomic E-state index is -4.41. The second-order valence-electron chi connectivity index (χ2n) is 6.66. The number of nitrogens with zero attached hydrogens (tertiary/aromatic N) is 2. The number of hydrogen-bond donors (Lipinski definition) is 3. The van der Waals surface area contributed by atoms with Gasteiger partial charge in [-0.15, -0.1) is 0 Å². The first kappa shape index (κ1) is 21.2. The Morgan fingerprint density at radius 2 is 1.53 bits per heavy atom. The molecule has 0 radical (unpaired) electrons. The van der Waals surface area contributed by atoms with Crippen molar-refractivity contribution in [2.24, 2.45) is 0 Å². The molecule has 8 nitrogen and oxygen atoms in total. The molecule has 4 aromatic rings. The number of benzene rings is 3. The lowest BCUT2D eigenvalue weighted by Crippen LogP contribution is -2.16. The molecule has 0 aliphatic carbocycles. The maximum absolute atomic E-state index is 13.6. The topological polar surface area (TPSA) is 113 Å². The fraction of sp³-hybridized carbons (Fsp3) is 0.0476. The van der Waals surface area contributed by atoms with Crippen LogP contribution in [-0.4, -0.2) is 30.6 Å². The largest absolute Gasteiger partial charge is 0.508 e. The van der Waals surface area contributed by atoms with Crippen LogP contribution < -0.4 is 14.8 Å². The van der Waals surface area contributed by atoms with Gasteiger partial charge >= 0.3 is 0 Å². The van der Waals surface area contributed by atoms with E-state index < -0.39 is 26.6 Å². The highest BCUT2D eigenvalue weighted by Crippen LogP contribution is 2.31. The predicted molar refractivity (Wildman–Crippen MR) is 115 cm³/mol. The van der Waals surface area contributed by atoms with Crippen molar-refractivity contribution in [3.8, 4) is 11.5 Å². The van der Waals surface area contributed by atoms with Crippen LogP contribution >= 0.6 is 0 Å². The van der Waals surface area contributed by atoms with Crippen molar-refractivity contribution in [1.82, 2.24) is 9.97 Å². The van der Waals surface area contributed by atoms with Crippen LogP contribution in [0.25, 0.3) is 11.0 Å². The second-order valence-corrected chi connectivity index (χ2v) is 8.35. The quantitative estimate of drug-likeness (QED) is 0.397. The molecule has 11 heteroatoms. The van der Waals surface area contributed by atoms with E-state index in [4.69, 9.17) is 4.74 Å². The van der Waals surface area contributed by atoms with Gasteiger partial charge < -0.3 is 15.2 Å². The van der Waals surface area contributed by atoms with Crippen molar-refractivity contribution in [2.45, 2.75) is 4.90 Å². The van der Waals surface area contributed by atoms with Crippen LogP contribution in [0.4, 0.5) is 26.1 Å². The van der Waals surface area contributed by atoms with E-state index in [0.29, 0.717) is 40.7 Å². The Morgan fingerprint density at radius 3 is 2.16 bits per heavy atom. The molecular weight excluding hydrogens is 442 g/mol. The number of hydrogen-bond acceptors (Lipinski definition) is 7. The fourth-order valence-corrected chi connectivity index (χ4v) is 3.99. The maximum atomic E-state index is 13.6. The number of sulfonamides is 1. The molecule has 4 rings (SSSR count). The van der Waals surface area contributed by atoms with Crippen molar-refractivity contribution in [3.63, 3.8) is 0 Å². The molecule has 0 saturated heterocycles. The van der Waals surface area contributed by atoms with Crippen molar-refractivity contribution < 1.29 is 27.0 Å². The number of fused-ring (bicyclic) bond motifs is 1. The Morgan fingerprint density at radius 1 is 0.906 bits per heavy atom. The first-order valence-electron chi connectivity index (χ1n) is 9.14. The summed E-state index contributed by atoms with van der Waals surface area (Å²) in [5, 5.41) is 12.8. The van der Waals surface area contributed by atoms with Gasteiger partial charge in [0.05, 0.1) is 23.0 Å². The van der Waals surface area contributed by atoms with Crippen LogP contribution in [0.15, 0.2) is 65.6 Å². The molecule has 0 fully saturated rings. The monoisotopic (exact) mass is 458 g/mol. The molecule has 0 spiro atoms. The molecule has 0 aliphatic rings. The number of methoxy groups -OCH3 is 1. The van der Waals surface area contributed by atoms with Gasteiger partial charge in [-0.1, -0.05) is 12.1 Å². The molecule has 32 heavy (non-hydrogen) atoms. The Hall–Kier alpha value is -3.99. The van der Waals surface area contributed by atoms with E-state index in [-0.39, 0.29) is 17.4 Å². The first-order valence-corrected chi connectivity index (χ1v) is 10.6. The van der Waals surface area contributed by atoms with Crippen molar-refractivity contribution in [2.75, 3.05) is 17.1 Å². The van der Waals surface area contributed by atoms with Crippen LogP contribution in [0, 0.1) is 11.6 Å². The molecule has 1 aromatic heterocycles. The van der Waals surface area contributed by atoms with E-state index in [1.54, 1.807) is 30.3 Å². The van der Waals surface area contributed by atoms with E-state index in [1.807, 2.05) is 0 Å². The van der Waals surface area contributed by atoms with Gasteiger partial charge in [-0.25, -0.2) is 27.2 Å². The number of para-hydroxylation sites is 2. The van der Waals surface area contributed by atoms with E-state index in [1.165, 1.54) is 19.2 Å². The number of nitrogens with one attached hydrogen (secondary N) is 2. The highest BCUT2D eigenvalue weighted by atomic mass is 32.2. The average Bonchev–Trinajstić information content (AvgIpc) is 2.73. The maximum Gasteiger partial charge on any atom is 0.263 e. The van der Waals surface area contributed by atoms with Gasteiger partial charge in [0.15, 0.2) is 11.6 Å². The van der Waals surface area contributed by atoms with Crippen LogP contribution in [0.1, 0.15) is 0 Å². The summed E-state index contributed by atoms with van der Waals surface area (Å²) in [6.07, 6.45) is 0. The van der Waals surface area contributed by atoms with Gasteiger partial charge in [0.25, 0.3) is 10.0 Å². The molecule has 3 N–H and O–H groups in total. The van der Waals surface area contributed by atoms with Gasteiger partial charge in [-0.2, -0.15) is 0 Å². The minimum Gasteiger partial charge on any atom is -0.508 e. The van der Waals surface area contributed by atoms with E-state index >= 15 is 0 Å². The van der Waals surface area contributed by atoms with Crippen LogP contribution in [0.5, 0.6) is 11.5 Å². The fourth-order valence-electron chi connectivity index (χ4n) is 2.94. The van der Waals surface area contributed by atoms with Gasteiger partial charge in [-0.3, -0.25) is 4.72 Å². The van der Waals surface area contributed by atoms with E-state index in [0.717, 1.165) is 0 Å². The summed E-state index contributed by atoms with van der Waals surface area (Å²) in [7, 11) is -2.99. The van der Waals surface area contributed by atoms with Crippen molar-refractivity contribution >= 4 is 38.4 Å². The van der Waals surface area contributed by atoms with Gasteiger partial charge in [0.2, 0.25) is 0 Å². The highest BCUT2D eigenvalue weighted by Gasteiger charge is 2.21. The normalized spacial score (nSPS) is 11.3. The summed E-state index contributed by atoms with van der Waals surface area (Å²) in [6.45, 7) is 0. The molecule has 0 bridgehead atoms. The number of phenols is 1. The number of rotatable bonds is 6. The summed E-state index contributed by atoms with van der Waals surface area (Å²) in [6, 6.07) is 13.0. The number of halogens is 2. The Balaban J connectivity index is 1.80. The molecule has 1 heterocycles. The summed E-state index contributed by atoms with van der Waals surface area (Å²) < 4.78 is 60.1. The third kappa shape index (κ3) is 4.52. The summed E-state index contributed by atoms with van der Waals surface area (Å²) >= 11 is 0. The number of ether oxygens (including phenoxy) is 1. The number of anilines is 3. The van der Waals surface area contributed by atoms with Gasteiger partial charge in [0.1, 0.15) is 23.1 Å². The van der Waals surface area contributed by atoms with Crippen molar-refractivity contribution in [3.05, 3.63) is 72.3 Å². The second kappa shape index (κ2) is 8.27. The smallest absolute Gasteiger partial charge is 0.263 e. The van der Waals surface area contributed by atoms with Crippen LogP contribution in [0.3, 0.4) is 0 Å². The third-order valence-corrected chi connectivity index (χ3v) is 5.66. The summed E-state index contributed by atoms with van der Waals surface area (Å²) in [5.74, 6) is -2.05. The minimum absolute atomic E-state index is 0.00296. The van der Waals surface area contributed by atoms with E-state index in [9.17, 15) is 22.3 Å².